The molecule has 1 N–H and O–H groups in total. The highest BCUT2D eigenvalue weighted by Crippen LogP contribution is 2.12. The van der Waals surface area contributed by atoms with Gasteiger partial charge >= 0.3 is 0 Å². The Hall–Kier alpha value is -0.160. The summed E-state index contributed by atoms with van der Waals surface area (Å²) in [5, 5.41) is 3.56. The van der Waals surface area contributed by atoms with Gasteiger partial charge in [-0.15, -0.1) is 0 Å². The number of rotatable bonds is 4. The number of hydrogen-bond donors (Lipinski definition) is 1. The van der Waals surface area contributed by atoms with E-state index in [1.807, 2.05) is 0 Å². The minimum absolute atomic E-state index is 0.387. The van der Waals surface area contributed by atoms with Gasteiger partial charge in [0, 0.05) is 26.2 Å². The van der Waals surface area contributed by atoms with Crippen LogP contribution in [0.1, 0.15) is 6.42 Å². The molecule has 4 nitrogen and oxygen atoms in total. The zero-order valence-corrected chi connectivity index (χ0v) is 10.6. The standard InChI is InChI=1S/C12H25N3O/c1-14-4-3-11(9-14)7-13-8-12-10-15(2)5-6-16-12/h11-13H,3-10H2,1-2H3. The van der Waals surface area contributed by atoms with Crippen LogP contribution >= 0.6 is 0 Å². The third-order valence-electron chi connectivity index (χ3n) is 3.64. The van der Waals surface area contributed by atoms with Gasteiger partial charge in [-0.3, -0.25) is 0 Å². The van der Waals surface area contributed by atoms with Crippen molar-refractivity contribution < 1.29 is 4.74 Å². The van der Waals surface area contributed by atoms with Crippen LogP contribution in [0.15, 0.2) is 0 Å². The molecule has 2 saturated heterocycles. The lowest BCUT2D eigenvalue weighted by Crippen LogP contribution is -2.45. The first-order chi connectivity index (χ1) is 7.74. The summed E-state index contributed by atoms with van der Waals surface area (Å²) in [6, 6.07) is 0. The molecule has 0 aromatic heterocycles. The van der Waals surface area contributed by atoms with E-state index < -0.39 is 0 Å². The summed E-state index contributed by atoms with van der Waals surface area (Å²) in [6.07, 6.45) is 1.73. The average molecular weight is 227 g/mol. The van der Waals surface area contributed by atoms with Gasteiger partial charge in [0.2, 0.25) is 0 Å². The molecule has 2 fully saturated rings. The van der Waals surface area contributed by atoms with Crippen molar-refractivity contribution in [2.45, 2.75) is 12.5 Å². The highest BCUT2D eigenvalue weighted by Gasteiger charge is 2.20. The van der Waals surface area contributed by atoms with Crippen molar-refractivity contribution in [2.75, 3.05) is 60.0 Å². The van der Waals surface area contributed by atoms with Gasteiger partial charge in [-0.25, -0.2) is 0 Å². The molecule has 2 atom stereocenters. The quantitative estimate of drug-likeness (QED) is 0.723. The Kier molecular flexibility index (Phi) is 4.58. The van der Waals surface area contributed by atoms with E-state index >= 15 is 0 Å². The first-order valence-electron chi connectivity index (χ1n) is 6.43. The van der Waals surface area contributed by atoms with Gasteiger partial charge in [0.15, 0.2) is 0 Å². The Morgan fingerprint density at radius 3 is 2.62 bits per heavy atom. The number of ether oxygens (including phenoxy) is 1. The molecule has 94 valence electrons. The van der Waals surface area contributed by atoms with Crippen molar-refractivity contribution >= 4 is 0 Å². The first kappa shape index (κ1) is 12.3. The number of nitrogens with one attached hydrogen (secondary N) is 1. The van der Waals surface area contributed by atoms with Crippen molar-refractivity contribution in [3.05, 3.63) is 0 Å². The van der Waals surface area contributed by atoms with E-state index in [-0.39, 0.29) is 0 Å². The molecular weight excluding hydrogens is 202 g/mol. The SMILES string of the molecule is CN1CCC(CNCC2CN(C)CCO2)C1. The predicted octanol–water partition coefficient (Wildman–Crippen LogP) is -0.142. The van der Waals surface area contributed by atoms with Crippen LogP contribution in [0.3, 0.4) is 0 Å². The second-order valence-electron chi connectivity index (χ2n) is 5.33. The normalized spacial score (nSPS) is 33.4. The lowest BCUT2D eigenvalue weighted by atomic mass is 10.1. The van der Waals surface area contributed by atoms with E-state index in [1.54, 1.807) is 0 Å². The van der Waals surface area contributed by atoms with Gasteiger partial charge < -0.3 is 19.9 Å². The molecule has 2 aliphatic heterocycles. The minimum Gasteiger partial charge on any atom is -0.374 e. The Labute approximate surface area is 98.9 Å². The number of hydrogen-bond acceptors (Lipinski definition) is 4. The van der Waals surface area contributed by atoms with Crippen molar-refractivity contribution in [1.82, 2.24) is 15.1 Å². The minimum atomic E-state index is 0.387. The number of likely N-dealkylation sites (tertiary alicyclic amines) is 1. The number of morpholine rings is 1. The van der Waals surface area contributed by atoms with Crippen LogP contribution in [-0.4, -0.2) is 75.9 Å². The van der Waals surface area contributed by atoms with Gasteiger partial charge in [0.1, 0.15) is 0 Å². The summed E-state index contributed by atoms with van der Waals surface area (Å²) in [4.78, 5) is 4.76. The molecule has 2 aliphatic rings. The van der Waals surface area contributed by atoms with Crippen LogP contribution in [-0.2, 0) is 4.74 Å². The van der Waals surface area contributed by atoms with Gasteiger partial charge in [-0.05, 0) is 39.5 Å². The summed E-state index contributed by atoms with van der Waals surface area (Å²) in [5.41, 5.74) is 0. The van der Waals surface area contributed by atoms with Crippen molar-refractivity contribution in [3.8, 4) is 0 Å². The zero-order valence-electron chi connectivity index (χ0n) is 10.6. The second kappa shape index (κ2) is 5.96. The molecule has 0 aliphatic carbocycles. The molecule has 0 spiro atoms. The summed E-state index contributed by atoms with van der Waals surface area (Å²) >= 11 is 0. The maximum Gasteiger partial charge on any atom is 0.0826 e. The van der Waals surface area contributed by atoms with E-state index in [4.69, 9.17) is 4.74 Å². The molecule has 2 unspecified atom stereocenters. The fraction of sp³-hybridized carbons (Fsp3) is 1.00. The summed E-state index contributed by atoms with van der Waals surface area (Å²) < 4.78 is 5.72. The lowest BCUT2D eigenvalue weighted by molar-refractivity contribution is -0.0183. The van der Waals surface area contributed by atoms with E-state index in [9.17, 15) is 0 Å². The Bertz CT molecular complexity index is 212. The molecular formula is C12H25N3O. The van der Waals surface area contributed by atoms with E-state index in [0.29, 0.717) is 6.10 Å². The van der Waals surface area contributed by atoms with Crippen molar-refractivity contribution in [1.29, 1.82) is 0 Å². The fourth-order valence-electron chi connectivity index (χ4n) is 2.63. The molecule has 2 rings (SSSR count). The maximum absolute atomic E-state index is 5.72. The predicted molar refractivity (Wildman–Crippen MR) is 65.7 cm³/mol. The molecule has 0 aromatic rings. The Morgan fingerprint density at radius 2 is 1.94 bits per heavy atom. The molecule has 0 amide bonds. The average Bonchev–Trinajstić information content (AvgIpc) is 2.64. The van der Waals surface area contributed by atoms with Crippen LogP contribution in [0.5, 0.6) is 0 Å². The molecule has 0 radical (unpaired) electrons. The number of likely N-dealkylation sites (N-methyl/N-ethyl adjacent to an activating group) is 1. The second-order valence-corrected chi connectivity index (χ2v) is 5.33. The molecule has 16 heavy (non-hydrogen) atoms. The fourth-order valence-corrected chi connectivity index (χ4v) is 2.63. The third-order valence-corrected chi connectivity index (χ3v) is 3.64. The highest BCUT2D eigenvalue weighted by molar-refractivity contribution is 4.76. The van der Waals surface area contributed by atoms with Gasteiger partial charge in [-0.2, -0.15) is 0 Å². The monoisotopic (exact) mass is 227 g/mol. The topological polar surface area (TPSA) is 27.7 Å². The summed E-state index contributed by atoms with van der Waals surface area (Å²) in [6.45, 7) is 7.68. The summed E-state index contributed by atoms with van der Waals surface area (Å²) in [5.74, 6) is 0.839. The van der Waals surface area contributed by atoms with Crippen LogP contribution in [0.4, 0.5) is 0 Å². The van der Waals surface area contributed by atoms with Crippen molar-refractivity contribution in [2.24, 2.45) is 5.92 Å². The van der Waals surface area contributed by atoms with Crippen LogP contribution in [0.25, 0.3) is 0 Å². The first-order valence-corrected chi connectivity index (χ1v) is 6.43. The van der Waals surface area contributed by atoms with Crippen LogP contribution in [0, 0.1) is 5.92 Å². The zero-order chi connectivity index (χ0) is 11.4. The summed E-state index contributed by atoms with van der Waals surface area (Å²) in [7, 11) is 4.38. The van der Waals surface area contributed by atoms with Crippen LogP contribution < -0.4 is 5.32 Å². The van der Waals surface area contributed by atoms with Crippen LogP contribution in [0.2, 0.25) is 0 Å². The van der Waals surface area contributed by atoms with Crippen molar-refractivity contribution in [3.63, 3.8) is 0 Å². The van der Waals surface area contributed by atoms with E-state index in [1.165, 1.54) is 19.5 Å². The molecule has 0 saturated carbocycles. The Balaban J connectivity index is 1.57. The van der Waals surface area contributed by atoms with Gasteiger partial charge in [0.25, 0.3) is 0 Å². The van der Waals surface area contributed by atoms with E-state index in [2.05, 4.69) is 29.2 Å². The molecule has 0 aromatic carbocycles. The maximum atomic E-state index is 5.72. The molecule has 0 bridgehead atoms. The number of nitrogens with zero attached hydrogens (tertiary/aromatic N) is 2. The Morgan fingerprint density at radius 1 is 1.12 bits per heavy atom. The lowest BCUT2D eigenvalue weighted by Gasteiger charge is -2.30. The van der Waals surface area contributed by atoms with E-state index in [0.717, 1.165) is 38.7 Å². The van der Waals surface area contributed by atoms with Gasteiger partial charge in [-0.1, -0.05) is 0 Å². The largest absolute Gasteiger partial charge is 0.374 e. The third kappa shape index (κ3) is 3.70. The molecule has 2 heterocycles. The molecule has 4 heteroatoms. The van der Waals surface area contributed by atoms with Gasteiger partial charge in [0.05, 0.1) is 12.7 Å². The smallest absolute Gasteiger partial charge is 0.0826 e. The highest BCUT2D eigenvalue weighted by atomic mass is 16.5.